The number of fused-ring (bicyclic) bond motifs is 2. The smallest absolute Gasteiger partial charge is 0.387 e. The van der Waals surface area contributed by atoms with E-state index in [-0.39, 0.29) is 42.2 Å². The van der Waals surface area contributed by atoms with E-state index < -0.39 is 12.6 Å². The van der Waals surface area contributed by atoms with Gasteiger partial charge in [0.1, 0.15) is 17.2 Å². The molecule has 2 aliphatic heterocycles. The molecule has 9 nitrogen and oxygen atoms in total. The van der Waals surface area contributed by atoms with Gasteiger partial charge in [-0.3, -0.25) is 0 Å². The fourth-order valence-corrected chi connectivity index (χ4v) is 5.72. The fraction of sp³-hybridized carbons (Fsp3) is 0.481. The summed E-state index contributed by atoms with van der Waals surface area (Å²) in [6.07, 6.45) is 5.73. The second-order valence-electron chi connectivity index (χ2n) is 9.99. The Morgan fingerprint density at radius 1 is 1.08 bits per heavy atom. The van der Waals surface area contributed by atoms with Gasteiger partial charge in [-0.25, -0.2) is 4.79 Å². The van der Waals surface area contributed by atoms with Crippen LogP contribution in [0.2, 0.25) is 0 Å². The molecule has 4 heterocycles. The summed E-state index contributed by atoms with van der Waals surface area (Å²) in [6.45, 7) is -2.65. The zero-order chi connectivity index (χ0) is 26.2. The standard InChI is InChI=1S/C27H28F2N4O5/c1-35-26(34)21-10-11-23(31-30-21)33-16-8-9-17(33)13-18(12-16)36-14-20-24(32-38-25(20)15-6-7-15)19-4-2-3-5-22(19)37-27(28)29/h2-5,10-11,15-18,27H,6-9,12-14H2,1H3. The van der Waals surface area contributed by atoms with Crippen molar-refractivity contribution >= 4 is 11.8 Å². The van der Waals surface area contributed by atoms with Gasteiger partial charge in [-0.1, -0.05) is 17.3 Å². The van der Waals surface area contributed by atoms with Crippen LogP contribution < -0.4 is 9.64 Å². The number of hydrogen-bond acceptors (Lipinski definition) is 9. The van der Waals surface area contributed by atoms with Crippen LogP contribution in [-0.4, -0.2) is 53.2 Å². The maximum Gasteiger partial charge on any atom is 0.387 e. The molecule has 0 spiro atoms. The number of methoxy groups -OCH3 is 1. The van der Waals surface area contributed by atoms with Crippen molar-refractivity contribution in [1.82, 2.24) is 15.4 Å². The highest BCUT2D eigenvalue weighted by Crippen LogP contribution is 2.46. The molecule has 3 fully saturated rings. The Morgan fingerprint density at radius 3 is 2.50 bits per heavy atom. The van der Waals surface area contributed by atoms with E-state index in [4.69, 9.17) is 18.7 Å². The lowest BCUT2D eigenvalue weighted by molar-refractivity contribution is -0.0494. The molecule has 2 bridgehead atoms. The molecule has 3 aromatic rings. The van der Waals surface area contributed by atoms with Crippen molar-refractivity contribution in [3.8, 4) is 17.0 Å². The topological polar surface area (TPSA) is 99.8 Å². The second-order valence-corrected chi connectivity index (χ2v) is 9.99. The van der Waals surface area contributed by atoms with E-state index in [9.17, 15) is 13.6 Å². The van der Waals surface area contributed by atoms with Crippen molar-refractivity contribution in [3.05, 3.63) is 53.4 Å². The first-order chi connectivity index (χ1) is 18.5. The van der Waals surface area contributed by atoms with Gasteiger partial charge in [0.05, 0.1) is 19.8 Å². The zero-order valence-corrected chi connectivity index (χ0v) is 20.9. The predicted octanol–water partition coefficient (Wildman–Crippen LogP) is 5.11. The van der Waals surface area contributed by atoms with E-state index in [0.29, 0.717) is 11.3 Å². The zero-order valence-electron chi connectivity index (χ0n) is 20.9. The number of alkyl halides is 2. The summed E-state index contributed by atoms with van der Waals surface area (Å²) in [5.74, 6) is 1.35. The molecule has 2 unspecified atom stereocenters. The van der Waals surface area contributed by atoms with Crippen LogP contribution >= 0.6 is 0 Å². The molecule has 2 saturated heterocycles. The summed E-state index contributed by atoms with van der Waals surface area (Å²) in [7, 11) is 1.31. The maximum atomic E-state index is 13.0. The van der Waals surface area contributed by atoms with E-state index in [0.717, 1.165) is 55.7 Å². The molecular weight excluding hydrogens is 498 g/mol. The molecule has 1 aliphatic carbocycles. The van der Waals surface area contributed by atoms with E-state index >= 15 is 0 Å². The molecule has 6 rings (SSSR count). The van der Waals surface area contributed by atoms with Gasteiger partial charge in [0.25, 0.3) is 0 Å². The van der Waals surface area contributed by atoms with E-state index in [2.05, 4.69) is 20.3 Å². The van der Waals surface area contributed by atoms with Gasteiger partial charge in [-0.2, -0.15) is 8.78 Å². The van der Waals surface area contributed by atoms with Crippen LogP contribution in [0, 0.1) is 0 Å². The first-order valence-corrected chi connectivity index (χ1v) is 12.9. The minimum atomic E-state index is -2.94. The summed E-state index contributed by atoms with van der Waals surface area (Å²) in [4.78, 5) is 14.0. The summed E-state index contributed by atoms with van der Waals surface area (Å²) >= 11 is 0. The third kappa shape index (κ3) is 4.82. The highest BCUT2D eigenvalue weighted by molar-refractivity contribution is 5.87. The highest BCUT2D eigenvalue weighted by atomic mass is 19.3. The molecule has 1 saturated carbocycles. The van der Waals surface area contributed by atoms with Crippen molar-refractivity contribution in [2.75, 3.05) is 12.0 Å². The van der Waals surface area contributed by atoms with Crippen LogP contribution in [0.3, 0.4) is 0 Å². The van der Waals surface area contributed by atoms with Crippen LogP contribution in [0.1, 0.15) is 66.3 Å². The van der Waals surface area contributed by atoms with E-state index in [1.165, 1.54) is 13.2 Å². The summed E-state index contributed by atoms with van der Waals surface area (Å²) in [5.41, 5.74) is 1.94. The molecule has 2 aromatic heterocycles. The molecule has 0 amide bonds. The average Bonchev–Trinajstić information content (AvgIpc) is 3.63. The van der Waals surface area contributed by atoms with Gasteiger partial charge in [0.2, 0.25) is 0 Å². The largest absolute Gasteiger partial charge is 0.464 e. The van der Waals surface area contributed by atoms with E-state index in [1.54, 1.807) is 24.3 Å². The molecule has 0 radical (unpaired) electrons. The third-order valence-corrected chi connectivity index (χ3v) is 7.59. The first-order valence-electron chi connectivity index (χ1n) is 12.9. The van der Waals surface area contributed by atoms with Gasteiger partial charge in [-0.15, -0.1) is 10.2 Å². The lowest BCUT2D eigenvalue weighted by Gasteiger charge is -2.39. The molecule has 38 heavy (non-hydrogen) atoms. The number of hydrogen-bond donors (Lipinski definition) is 0. The van der Waals surface area contributed by atoms with Crippen LogP contribution in [0.15, 0.2) is 40.9 Å². The number of aromatic nitrogens is 3. The van der Waals surface area contributed by atoms with Crippen LogP contribution in [0.4, 0.5) is 14.6 Å². The maximum absolute atomic E-state index is 13.0. The van der Waals surface area contributed by atoms with Crippen LogP contribution in [0.25, 0.3) is 11.3 Å². The molecular formula is C27H28F2N4O5. The summed E-state index contributed by atoms with van der Waals surface area (Å²) < 4.78 is 47.7. The van der Waals surface area contributed by atoms with Crippen LogP contribution in [-0.2, 0) is 16.1 Å². The molecule has 2 atom stereocenters. The van der Waals surface area contributed by atoms with Crippen molar-refractivity contribution < 1.29 is 32.3 Å². The Bertz CT molecular complexity index is 1280. The van der Waals surface area contributed by atoms with E-state index in [1.807, 2.05) is 6.07 Å². The van der Waals surface area contributed by atoms with Crippen molar-refractivity contribution in [2.24, 2.45) is 0 Å². The molecule has 1 aromatic carbocycles. The Labute approximate surface area is 218 Å². The van der Waals surface area contributed by atoms with Gasteiger partial charge < -0.3 is 23.6 Å². The number of anilines is 1. The number of benzene rings is 1. The molecule has 0 N–H and O–H groups in total. The number of esters is 1. The van der Waals surface area contributed by atoms with Crippen LogP contribution in [0.5, 0.6) is 5.75 Å². The minimum absolute atomic E-state index is 0.0217. The number of carbonyl (C=O) groups excluding carboxylic acids is 1. The van der Waals surface area contributed by atoms with Crippen molar-refractivity contribution in [1.29, 1.82) is 0 Å². The number of piperidine rings is 1. The van der Waals surface area contributed by atoms with Crippen molar-refractivity contribution in [2.45, 2.75) is 75.8 Å². The Balaban J connectivity index is 1.17. The molecule has 3 aliphatic rings. The second kappa shape index (κ2) is 10.3. The normalized spacial score (nSPS) is 22.6. The summed E-state index contributed by atoms with van der Waals surface area (Å²) in [5, 5.41) is 12.6. The minimum Gasteiger partial charge on any atom is -0.464 e. The average molecular weight is 527 g/mol. The quantitative estimate of drug-likeness (QED) is 0.352. The van der Waals surface area contributed by atoms with Gasteiger partial charge in [-0.05, 0) is 62.8 Å². The van der Waals surface area contributed by atoms with Gasteiger partial charge in [0, 0.05) is 29.1 Å². The third-order valence-electron chi connectivity index (χ3n) is 7.59. The van der Waals surface area contributed by atoms with Gasteiger partial charge >= 0.3 is 12.6 Å². The number of nitrogens with zero attached hydrogens (tertiary/aromatic N) is 4. The lowest BCUT2D eigenvalue weighted by Crippen LogP contribution is -2.46. The summed E-state index contributed by atoms with van der Waals surface area (Å²) in [6, 6.07) is 10.6. The fourth-order valence-electron chi connectivity index (χ4n) is 5.72. The van der Waals surface area contributed by atoms with Crippen molar-refractivity contribution in [3.63, 3.8) is 0 Å². The number of halogens is 2. The molecule has 11 heteroatoms. The Morgan fingerprint density at radius 2 is 1.84 bits per heavy atom. The number of ether oxygens (including phenoxy) is 3. The Hall–Kier alpha value is -3.60. The SMILES string of the molecule is COC(=O)c1ccc(N2C3CCC2CC(OCc2c(-c4ccccc4OC(F)F)noc2C2CC2)C3)nn1. The molecule has 200 valence electrons. The number of carbonyl (C=O) groups is 1. The predicted molar refractivity (Wildman–Crippen MR) is 131 cm³/mol. The van der Waals surface area contributed by atoms with Gasteiger partial charge in [0.15, 0.2) is 11.5 Å². The number of para-hydroxylation sites is 1. The number of rotatable bonds is 9. The lowest BCUT2D eigenvalue weighted by atomic mass is 9.99. The highest BCUT2D eigenvalue weighted by Gasteiger charge is 2.42. The Kier molecular flexibility index (Phi) is 6.69. The first kappa shape index (κ1) is 24.7. The monoisotopic (exact) mass is 526 g/mol.